The van der Waals surface area contributed by atoms with Crippen molar-refractivity contribution in [3.05, 3.63) is 94.7 Å². The lowest BCUT2D eigenvalue weighted by molar-refractivity contribution is 0.0947. The quantitative estimate of drug-likeness (QED) is 0.527. The van der Waals surface area contributed by atoms with Crippen molar-refractivity contribution >= 4 is 28.4 Å². The zero-order valence-electron chi connectivity index (χ0n) is 15.3. The number of carbonyl (C=O) groups is 1. The van der Waals surface area contributed by atoms with E-state index in [1.165, 1.54) is 0 Å². The molecule has 0 saturated carbocycles. The highest BCUT2D eigenvalue weighted by molar-refractivity contribution is 6.31. The van der Waals surface area contributed by atoms with E-state index in [4.69, 9.17) is 11.6 Å². The summed E-state index contributed by atoms with van der Waals surface area (Å²) in [6, 6.07) is 17.4. The number of aryl methyl sites for hydroxylation is 1. The van der Waals surface area contributed by atoms with Gasteiger partial charge in [-0.05, 0) is 36.2 Å². The van der Waals surface area contributed by atoms with E-state index in [0.29, 0.717) is 23.1 Å². The van der Waals surface area contributed by atoms with Gasteiger partial charge >= 0.3 is 0 Å². The standard InChI is InChI=1S/C22H19ClN4O/c1-14-24-11-10-21(27-14)22(28)26-13-17(15-6-2-4-8-19(15)23)18-12-25-20-9-5-3-7-16(18)20/h2-12,17,25H,13H2,1H3,(H,26,28). The summed E-state index contributed by atoms with van der Waals surface area (Å²) in [5.74, 6) is 0.228. The molecule has 0 bridgehead atoms. The van der Waals surface area contributed by atoms with Gasteiger partial charge in [-0.25, -0.2) is 9.97 Å². The van der Waals surface area contributed by atoms with Gasteiger partial charge in [0.15, 0.2) is 0 Å². The topological polar surface area (TPSA) is 70.7 Å². The van der Waals surface area contributed by atoms with Gasteiger partial charge in [0, 0.05) is 40.8 Å². The Morgan fingerprint density at radius 2 is 1.89 bits per heavy atom. The molecule has 1 unspecified atom stereocenters. The van der Waals surface area contributed by atoms with Gasteiger partial charge in [-0.1, -0.05) is 48.0 Å². The Balaban J connectivity index is 1.68. The molecule has 140 valence electrons. The Morgan fingerprint density at radius 3 is 2.71 bits per heavy atom. The zero-order valence-corrected chi connectivity index (χ0v) is 16.1. The molecule has 2 aromatic heterocycles. The average molecular weight is 391 g/mol. The molecule has 0 radical (unpaired) electrons. The highest BCUT2D eigenvalue weighted by Crippen LogP contribution is 2.34. The summed E-state index contributed by atoms with van der Waals surface area (Å²) >= 11 is 6.50. The Kier molecular flexibility index (Phi) is 5.08. The number of aromatic amines is 1. The maximum atomic E-state index is 12.6. The molecule has 2 aromatic carbocycles. The normalized spacial score (nSPS) is 12.1. The third-order valence-corrected chi connectivity index (χ3v) is 5.10. The first-order valence-electron chi connectivity index (χ1n) is 9.02. The van der Waals surface area contributed by atoms with Crippen LogP contribution in [0.25, 0.3) is 10.9 Å². The summed E-state index contributed by atoms with van der Waals surface area (Å²) < 4.78 is 0. The largest absolute Gasteiger partial charge is 0.361 e. The van der Waals surface area contributed by atoms with Gasteiger partial charge < -0.3 is 10.3 Å². The smallest absolute Gasteiger partial charge is 0.270 e. The molecule has 0 aliphatic rings. The second kappa shape index (κ2) is 7.82. The Hall–Kier alpha value is -3.18. The number of fused-ring (bicyclic) bond motifs is 1. The number of hydrogen-bond acceptors (Lipinski definition) is 3. The van der Waals surface area contributed by atoms with Crippen molar-refractivity contribution < 1.29 is 4.79 Å². The van der Waals surface area contributed by atoms with Gasteiger partial charge in [-0.2, -0.15) is 0 Å². The molecular formula is C22H19ClN4O. The highest BCUT2D eigenvalue weighted by atomic mass is 35.5. The lowest BCUT2D eigenvalue weighted by Gasteiger charge is -2.19. The minimum absolute atomic E-state index is 0.100. The van der Waals surface area contributed by atoms with Crippen molar-refractivity contribution in [1.82, 2.24) is 20.3 Å². The van der Waals surface area contributed by atoms with Crippen molar-refractivity contribution in [2.24, 2.45) is 0 Å². The molecule has 5 nitrogen and oxygen atoms in total. The SMILES string of the molecule is Cc1nccc(C(=O)NCC(c2ccccc2Cl)c2c[nH]c3ccccc23)n1. The van der Waals surface area contributed by atoms with E-state index in [0.717, 1.165) is 22.0 Å². The molecule has 4 aromatic rings. The molecule has 28 heavy (non-hydrogen) atoms. The van der Waals surface area contributed by atoms with Gasteiger partial charge in [-0.3, -0.25) is 4.79 Å². The monoisotopic (exact) mass is 390 g/mol. The van der Waals surface area contributed by atoms with Crippen molar-refractivity contribution in [2.75, 3.05) is 6.54 Å². The maximum Gasteiger partial charge on any atom is 0.270 e. The molecule has 0 aliphatic carbocycles. The van der Waals surface area contributed by atoms with Crippen LogP contribution in [0.1, 0.15) is 33.4 Å². The van der Waals surface area contributed by atoms with Crippen LogP contribution >= 0.6 is 11.6 Å². The highest BCUT2D eigenvalue weighted by Gasteiger charge is 2.21. The third-order valence-electron chi connectivity index (χ3n) is 4.75. The molecule has 0 aliphatic heterocycles. The first kappa shape index (κ1) is 18.2. The molecule has 2 N–H and O–H groups in total. The van der Waals surface area contributed by atoms with Crippen LogP contribution in [0.2, 0.25) is 5.02 Å². The number of aromatic nitrogens is 3. The number of halogens is 1. The molecule has 0 saturated heterocycles. The molecule has 1 atom stereocenters. The molecule has 1 amide bonds. The van der Waals surface area contributed by atoms with E-state index in [2.05, 4.69) is 26.3 Å². The van der Waals surface area contributed by atoms with Crippen LogP contribution in [0, 0.1) is 6.92 Å². The summed E-state index contributed by atoms with van der Waals surface area (Å²) in [6.45, 7) is 2.16. The molecule has 4 rings (SSSR count). The molecule has 0 spiro atoms. The number of nitrogens with zero attached hydrogens (tertiary/aromatic N) is 2. The van der Waals surface area contributed by atoms with Crippen LogP contribution in [-0.2, 0) is 0 Å². The summed E-state index contributed by atoms with van der Waals surface area (Å²) in [4.78, 5) is 24.2. The van der Waals surface area contributed by atoms with E-state index in [1.807, 2.05) is 48.7 Å². The first-order valence-corrected chi connectivity index (χ1v) is 9.39. The van der Waals surface area contributed by atoms with Gasteiger partial charge in [0.2, 0.25) is 0 Å². The van der Waals surface area contributed by atoms with E-state index in [9.17, 15) is 4.79 Å². The summed E-state index contributed by atoms with van der Waals surface area (Å²) in [7, 11) is 0. The van der Waals surface area contributed by atoms with Gasteiger partial charge in [0.25, 0.3) is 5.91 Å². The summed E-state index contributed by atoms with van der Waals surface area (Å²) in [5.41, 5.74) is 3.45. The van der Waals surface area contributed by atoms with Crippen molar-refractivity contribution in [2.45, 2.75) is 12.8 Å². The van der Waals surface area contributed by atoms with E-state index < -0.39 is 0 Å². The van der Waals surface area contributed by atoms with Gasteiger partial charge in [0.1, 0.15) is 11.5 Å². The lowest BCUT2D eigenvalue weighted by atomic mass is 9.90. The number of benzene rings is 2. The minimum Gasteiger partial charge on any atom is -0.361 e. The number of rotatable bonds is 5. The van der Waals surface area contributed by atoms with E-state index in [-0.39, 0.29) is 11.8 Å². The van der Waals surface area contributed by atoms with Gasteiger partial charge in [-0.15, -0.1) is 0 Å². The molecule has 0 fully saturated rings. The van der Waals surface area contributed by atoms with Crippen molar-refractivity contribution in [3.63, 3.8) is 0 Å². The predicted octanol–water partition coefficient (Wildman–Crippen LogP) is 4.48. The number of para-hydroxylation sites is 1. The maximum absolute atomic E-state index is 12.6. The van der Waals surface area contributed by atoms with Crippen LogP contribution in [0.4, 0.5) is 0 Å². The van der Waals surface area contributed by atoms with Crippen LogP contribution in [0.15, 0.2) is 67.0 Å². The fourth-order valence-corrected chi connectivity index (χ4v) is 3.66. The molecular weight excluding hydrogens is 372 g/mol. The van der Waals surface area contributed by atoms with Crippen LogP contribution in [-0.4, -0.2) is 27.4 Å². The number of carbonyl (C=O) groups excluding carboxylic acids is 1. The summed E-state index contributed by atoms with van der Waals surface area (Å²) in [6.07, 6.45) is 3.57. The number of H-pyrrole nitrogens is 1. The Bertz CT molecular complexity index is 1140. The fraction of sp³-hybridized carbons (Fsp3) is 0.136. The van der Waals surface area contributed by atoms with Crippen LogP contribution in [0.3, 0.4) is 0 Å². The number of hydrogen-bond donors (Lipinski definition) is 2. The number of nitrogens with one attached hydrogen (secondary N) is 2. The lowest BCUT2D eigenvalue weighted by Crippen LogP contribution is -2.29. The summed E-state index contributed by atoms with van der Waals surface area (Å²) in [5, 5.41) is 4.79. The van der Waals surface area contributed by atoms with Crippen molar-refractivity contribution in [1.29, 1.82) is 0 Å². The van der Waals surface area contributed by atoms with Gasteiger partial charge in [0.05, 0.1) is 0 Å². The Labute approximate surface area is 167 Å². The van der Waals surface area contributed by atoms with Crippen LogP contribution < -0.4 is 5.32 Å². The second-order valence-electron chi connectivity index (χ2n) is 6.56. The molecule has 6 heteroatoms. The molecule has 2 heterocycles. The van der Waals surface area contributed by atoms with Crippen LogP contribution in [0.5, 0.6) is 0 Å². The van der Waals surface area contributed by atoms with E-state index in [1.54, 1.807) is 19.2 Å². The second-order valence-corrected chi connectivity index (χ2v) is 6.97. The van der Waals surface area contributed by atoms with Crippen molar-refractivity contribution in [3.8, 4) is 0 Å². The fourth-order valence-electron chi connectivity index (χ4n) is 3.40. The average Bonchev–Trinajstić information content (AvgIpc) is 3.13. The Morgan fingerprint density at radius 1 is 1.11 bits per heavy atom. The number of amides is 1. The third kappa shape index (κ3) is 3.62. The zero-order chi connectivity index (χ0) is 19.5. The predicted molar refractivity (Wildman–Crippen MR) is 111 cm³/mol. The first-order chi connectivity index (χ1) is 13.6. The minimum atomic E-state index is -0.234. The van der Waals surface area contributed by atoms with E-state index >= 15 is 0 Å².